The standard InChI is InChI=1S/C10H11N7/c1-16-5-7(4-13-16)9(11)10-15-14-8-2-3-12-6-17(8)10/h2-6,9H,11H2,1H3. The Hall–Kier alpha value is -2.28. The summed E-state index contributed by atoms with van der Waals surface area (Å²) in [5, 5.41) is 12.2. The van der Waals surface area contributed by atoms with Gasteiger partial charge in [0, 0.05) is 31.1 Å². The van der Waals surface area contributed by atoms with Gasteiger partial charge in [0.1, 0.15) is 6.33 Å². The van der Waals surface area contributed by atoms with E-state index in [1.165, 1.54) is 0 Å². The van der Waals surface area contributed by atoms with Gasteiger partial charge in [-0.1, -0.05) is 0 Å². The first kappa shape index (κ1) is 9.91. The van der Waals surface area contributed by atoms with E-state index in [0.717, 1.165) is 11.2 Å². The molecule has 0 aliphatic carbocycles. The highest BCUT2D eigenvalue weighted by Gasteiger charge is 2.17. The van der Waals surface area contributed by atoms with Gasteiger partial charge in [-0.3, -0.25) is 9.08 Å². The van der Waals surface area contributed by atoms with Crippen molar-refractivity contribution in [1.29, 1.82) is 0 Å². The van der Waals surface area contributed by atoms with Gasteiger partial charge >= 0.3 is 0 Å². The fraction of sp³-hybridized carbons (Fsp3) is 0.200. The second kappa shape index (κ2) is 3.63. The Bertz CT molecular complexity index is 653. The molecular weight excluding hydrogens is 218 g/mol. The second-order valence-electron chi connectivity index (χ2n) is 3.79. The lowest BCUT2D eigenvalue weighted by atomic mass is 10.1. The fourth-order valence-corrected chi connectivity index (χ4v) is 1.72. The summed E-state index contributed by atoms with van der Waals surface area (Å²) in [6.07, 6.45) is 6.91. The zero-order valence-corrected chi connectivity index (χ0v) is 9.22. The van der Waals surface area contributed by atoms with Crippen LogP contribution in [0.5, 0.6) is 0 Å². The minimum absolute atomic E-state index is 0.358. The number of hydrogen-bond acceptors (Lipinski definition) is 5. The van der Waals surface area contributed by atoms with Gasteiger partial charge in [0.05, 0.1) is 12.2 Å². The molecule has 17 heavy (non-hydrogen) atoms. The molecule has 0 bridgehead atoms. The summed E-state index contributed by atoms with van der Waals surface area (Å²) in [7, 11) is 1.85. The third-order valence-electron chi connectivity index (χ3n) is 2.60. The first-order chi connectivity index (χ1) is 8.25. The lowest BCUT2D eigenvalue weighted by Crippen LogP contribution is -2.15. The van der Waals surface area contributed by atoms with Gasteiger partial charge in [0.2, 0.25) is 0 Å². The van der Waals surface area contributed by atoms with Crippen LogP contribution >= 0.6 is 0 Å². The van der Waals surface area contributed by atoms with Crippen LogP contribution in [0.3, 0.4) is 0 Å². The summed E-state index contributed by atoms with van der Waals surface area (Å²) in [5.41, 5.74) is 7.76. The molecule has 7 nitrogen and oxygen atoms in total. The summed E-state index contributed by atoms with van der Waals surface area (Å²) in [6.45, 7) is 0. The quantitative estimate of drug-likeness (QED) is 0.663. The van der Waals surface area contributed by atoms with Gasteiger partial charge < -0.3 is 5.73 Å². The maximum absolute atomic E-state index is 6.14. The van der Waals surface area contributed by atoms with E-state index >= 15 is 0 Å². The van der Waals surface area contributed by atoms with E-state index in [1.807, 2.05) is 13.2 Å². The molecule has 0 spiro atoms. The number of fused-ring (bicyclic) bond motifs is 1. The molecule has 86 valence electrons. The summed E-state index contributed by atoms with van der Waals surface area (Å²) in [5.74, 6) is 0.654. The normalized spacial score (nSPS) is 13.1. The molecule has 0 saturated carbocycles. The smallest absolute Gasteiger partial charge is 0.163 e. The van der Waals surface area contributed by atoms with Crippen LogP contribution in [0.2, 0.25) is 0 Å². The monoisotopic (exact) mass is 229 g/mol. The fourth-order valence-electron chi connectivity index (χ4n) is 1.72. The SMILES string of the molecule is Cn1cc(C(N)c2nnc3ccncn23)cn1. The second-order valence-corrected chi connectivity index (χ2v) is 3.79. The van der Waals surface area contributed by atoms with Crippen LogP contribution in [0.4, 0.5) is 0 Å². The molecule has 1 unspecified atom stereocenters. The van der Waals surface area contributed by atoms with Crippen molar-refractivity contribution in [3.63, 3.8) is 0 Å². The molecule has 0 aliphatic heterocycles. The average molecular weight is 229 g/mol. The van der Waals surface area contributed by atoms with Crippen molar-refractivity contribution in [3.05, 3.63) is 42.4 Å². The molecule has 1 atom stereocenters. The first-order valence-electron chi connectivity index (χ1n) is 5.14. The molecule has 7 heteroatoms. The molecule has 0 fully saturated rings. The van der Waals surface area contributed by atoms with Crippen LogP contribution in [0, 0.1) is 0 Å². The Kier molecular flexibility index (Phi) is 2.12. The maximum Gasteiger partial charge on any atom is 0.163 e. The minimum Gasteiger partial charge on any atom is -0.318 e. The highest BCUT2D eigenvalue weighted by Crippen LogP contribution is 2.17. The molecular formula is C10H11N7. The van der Waals surface area contributed by atoms with Crippen molar-refractivity contribution in [2.45, 2.75) is 6.04 Å². The van der Waals surface area contributed by atoms with Crippen molar-refractivity contribution >= 4 is 5.65 Å². The van der Waals surface area contributed by atoms with Gasteiger partial charge in [0.15, 0.2) is 11.5 Å². The number of nitrogens with zero attached hydrogens (tertiary/aromatic N) is 6. The van der Waals surface area contributed by atoms with Crippen LogP contribution in [-0.2, 0) is 7.05 Å². The third kappa shape index (κ3) is 1.56. The highest BCUT2D eigenvalue weighted by atomic mass is 15.3. The van der Waals surface area contributed by atoms with Crippen LogP contribution < -0.4 is 5.73 Å². The van der Waals surface area contributed by atoms with E-state index in [2.05, 4.69) is 20.3 Å². The Morgan fingerprint density at radius 3 is 3.00 bits per heavy atom. The van der Waals surface area contributed by atoms with Crippen LogP contribution in [-0.4, -0.2) is 29.4 Å². The maximum atomic E-state index is 6.14. The summed E-state index contributed by atoms with van der Waals surface area (Å²) in [4.78, 5) is 4.03. The van der Waals surface area contributed by atoms with E-state index < -0.39 is 0 Å². The van der Waals surface area contributed by atoms with Crippen LogP contribution in [0.25, 0.3) is 5.65 Å². The van der Waals surface area contributed by atoms with Gasteiger partial charge in [0.25, 0.3) is 0 Å². The van der Waals surface area contributed by atoms with E-state index in [0.29, 0.717) is 5.82 Å². The molecule has 3 heterocycles. The van der Waals surface area contributed by atoms with E-state index in [9.17, 15) is 0 Å². The third-order valence-corrected chi connectivity index (χ3v) is 2.60. The highest BCUT2D eigenvalue weighted by molar-refractivity contribution is 5.37. The molecule has 0 amide bonds. The molecule has 0 saturated heterocycles. The Balaban J connectivity index is 2.09. The van der Waals surface area contributed by atoms with Gasteiger partial charge in [-0.15, -0.1) is 10.2 Å². The number of hydrogen-bond donors (Lipinski definition) is 1. The Labute approximate surface area is 96.9 Å². The Morgan fingerprint density at radius 2 is 2.24 bits per heavy atom. The van der Waals surface area contributed by atoms with Crippen molar-refractivity contribution in [3.8, 4) is 0 Å². The summed E-state index contributed by atoms with van der Waals surface area (Å²) < 4.78 is 3.48. The topological polar surface area (TPSA) is 86.9 Å². The van der Waals surface area contributed by atoms with Crippen LogP contribution in [0.1, 0.15) is 17.4 Å². The Morgan fingerprint density at radius 1 is 1.35 bits per heavy atom. The molecule has 0 aliphatic rings. The molecule has 3 rings (SSSR count). The number of aromatic nitrogens is 6. The van der Waals surface area contributed by atoms with Crippen molar-refractivity contribution < 1.29 is 0 Å². The van der Waals surface area contributed by atoms with Crippen molar-refractivity contribution in [2.75, 3.05) is 0 Å². The van der Waals surface area contributed by atoms with E-state index in [4.69, 9.17) is 5.73 Å². The predicted octanol–water partition coefficient (Wildman–Crippen LogP) is -0.0941. The van der Waals surface area contributed by atoms with E-state index in [-0.39, 0.29) is 6.04 Å². The number of rotatable bonds is 2. The zero-order chi connectivity index (χ0) is 11.8. The molecule has 0 radical (unpaired) electrons. The summed E-state index contributed by atoms with van der Waals surface area (Å²) in [6, 6.07) is 1.43. The number of nitrogens with two attached hydrogens (primary N) is 1. The minimum atomic E-state index is -0.358. The number of aryl methyl sites for hydroxylation is 1. The molecule has 3 aromatic rings. The predicted molar refractivity (Wildman–Crippen MR) is 60.0 cm³/mol. The average Bonchev–Trinajstić information content (AvgIpc) is 2.94. The van der Waals surface area contributed by atoms with E-state index in [1.54, 1.807) is 33.9 Å². The molecule has 0 aromatic carbocycles. The van der Waals surface area contributed by atoms with Crippen molar-refractivity contribution in [2.24, 2.45) is 12.8 Å². The van der Waals surface area contributed by atoms with Crippen LogP contribution in [0.15, 0.2) is 31.0 Å². The largest absolute Gasteiger partial charge is 0.318 e. The molecule has 2 N–H and O–H groups in total. The van der Waals surface area contributed by atoms with Crippen molar-refractivity contribution in [1.82, 2.24) is 29.4 Å². The first-order valence-corrected chi connectivity index (χ1v) is 5.14. The van der Waals surface area contributed by atoms with Gasteiger partial charge in [-0.25, -0.2) is 4.98 Å². The lowest BCUT2D eigenvalue weighted by Gasteiger charge is -2.06. The zero-order valence-electron chi connectivity index (χ0n) is 9.22. The summed E-state index contributed by atoms with van der Waals surface area (Å²) >= 11 is 0. The molecule has 3 aromatic heterocycles. The van der Waals surface area contributed by atoms with Gasteiger partial charge in [-0.05, 0) is 0 Å². The van der Waals surface area contributed by atoms with Gasteiger partial charge in [-0.2, -0.15) is 5.10 Å². The lowest BCUT2D eigenvalue weighted by molar-refractivity contribution is 0.749.